The molecule has 0 aromatic heterocycles. The van der Waals surface area contributed by atoms with Crippen molar-refractivity contribution in [1.29, 1.82) is 0 Å². The molecule has 88 valence electrons. The van der Waals surface area contributed by atoms with E-state index in [1.165, 1.54) is 32.2 Å². The maximum Gasteiger partial charge on any atom is 0.0182 e. The van der Waals surface area contributed by atoms with Gasteiger partial charge in [0.25, 0.3) is 0 Å². The molecule has 2 atom stereocenters. The van der Waals surface area contributed by atoms with Crippen molar-refractivity contribution >= 4 is 0 Å². The first kappa shape index (κ1) is 11.4. The lowest BCUT2D eigenvalue weighted by atomic mass is 9.54. The van der Waals surface area contributed by atoms with Crippen LogP contribution in [0.25, 0.3) is 0 Å². The van der Waals surface area contributed by atoms with Crippen LogP contribution in [0.1, 0.15) is 60.3 Å². The zero-order chi connectivity index (χ0) is 11.3. The molecule has 0 aromatic carbocycles. The predicted molar refractivity (Wildman–Crippen MR) is 65.9 cm³/mol. The molecule has 0 radical (unpaired) electrons. The second-order valence-corrected chi connectivity index (χ2v) is 7.44. The Labute approximate surface area is 95.0 Å². The Kier molecular flexibility index (Phi) is 2.46. The quantitative estimate of drug-likeness (QED) is 0.643. The fourth-order valence-electron chi connectivity index (χ4n) is 4.52. The third-order valence-corrected chi connectivity index (χ3v) is 4.95. The minimum atomic E-state index is 0.346. The number of rotatable bonds is 0. The second-order valence-electron chi connectivity index (χ2n) is 7.44. The van der Waals surface area contributed by atoms with Gasteiger partial charge in [0.15, 0.2) is 0 Å². The summed E-state index contributed by atoms with van der Waals surface area (Å²) in [5, 5.41) is 3.71. The molecule has 1 heteroatoms. The van der Waals surface area contributed by atoms with Crippen molar-refractivity contribution in [3.63, 3.8) is 0 Å². The van der Waals surface area contributed by atoms with E-state index in [-0.39, 0.29) is 0 Å². The molecular formula is C14H27N. The summed E-state index contributed by atoms with van der Waals surface area (Å²) in [5.74, 6) is 0.896. The highest BCUT2D eigenvalue weighted by Crippen LogP contribution is 2.57. The first-order valence-corrected chi connectivity index (χ1v) is 6.52. The fourth-order valence-corrected chi connectivity index (χ4v) is 4.52. The molecule has 2 unspecified atom stereocenters. The summed E-state index contributed by atoms with van der Waals surface area (Å²) < 4.78 is 0. The van der Waals surface area contributed by atoms with Crippen LogP contribution in [-0.4, -0.2) is 12.1 Å². The first-order chi connectivity index (χ1) is 6.77. The molecular weight excluding hydrogens is 182 g/mol. The van der Waals surface area contributed by atoms with Gasteiger partial charge in [-0.15, -0.1) is 0 Å². The summed E-state index contributed by atoms with van der Waals surface area (Å²) >= 11 is 0. The summed E-state index contributed by atoms with van der Waals surface area (Å²) in [6, 6.07) is 0. The molecule has 1 aliphatic heterocycles. The highest BCUT2D eigenvalue weighted by molar-refractivity contribution is 5.08. The predicted octanol–water partition coefficient (Wildman–Crippen LogP) is 3.59. The molecule has 2 aliphatic rings. The van der Waals surface area contributed by atoms with E-state index in [1.807, 2.05) is 0 Å². The minimum Gasteiger partial charge on any atom is -0.311 e. The van der Waals surface area contributed by atoms with Gasteiger partial charge in [-0.2, -0.15) is 0 Å². The molecule has 15 heavy (non-hydrogen) atoms. The topological polar surface area (TPSA) is 12.0 Å². The van der Waals surface area contributed by atoms with Crippen molar-refractivity contribution in [1.82, 2.24) is 5.32 Å². The zero-order valence-electron chi connectivity index (χ0n) is 11.1. The standard InChI is InChI=1S/C14H27N/c1-11-8-12(2,3)10-14(9-11)6-7-15-13(14,4)5/h11,15H,6-10H2,1-5H3. The van der Waals surface area contributed by atoms with E-state index in [0.29, 0.717) is 16.4 Å². The highest BCUT2D eigenvalue weighted by Gasteiger charge is 2.53. The van der Waals surface area contributed by atoms with Crippen LogP contribution in [0.2, 0.25) is 0 Å². The van der Waals surface area contributed by atoms with Crippen LogP contribution in [0.15, 0.2) is 0 Å². The van der Waals surface area contributed by atoms with Crippen LogP contribution in [0.5, 0.6) is 0 Å². The lowest BCUT2D eigenvalue weighted by Gasteiger charge is -2.52. The van der Waals surface area contributed by atoms with E-state index < -0.39 is 0 Å². The highest BCUT2D eigenvalue weighted by atomic mass is 15.0. The third-order valence-electron chi connectivity index (χ3n) is 4.95. The van der Waals surface area contributed by atoms with E-state index in [4.69, 9.17) is 0 Å². The normalized spacial score (nSPS) is 43.4. The van der Waals surface area contributed by atoms with Gasteiger partial charge in [0.05, 0.1) is 0 Å². The Hall–Kier alpha value is -0.0400. The Morgan fingerprint density at radius 2 is 1.73 bits per heavy atom. The second kappa shape index (κ2) is 3.23. The maximum absolute atomic E-state index is 3.71. The molecule has 1 saturated heterocycles. The lowest BCUT2D eigenvalue weighted by Crippen LogP contribution is -2.51. The van der Waals surface area contributed by atoms with E-state index in [0.717, 1.165) is 5.92 Å². The van der Waals surface area contributed by atoms with Gasteiger partial charge in [0.2, 0.25) is 0 Å². The average molecular weight is 209 g/mol. The molecule has 0 bridgehead atoms. The van der Waals surface area contributed by atoms with Crippen molar-refractivity contribution in [3.8, 4) is 0 Å². The Morgan fingerprint density at radius 3 is 2.20 bits per heavy atom. The van der Waals surface area contributed by atoms with Crippen molar-refractivity contribution in [2.45, 2.75) is 65.8 Å². The number of nitrogens with one attached hydrogen (secondary N) is 1. The number of hydrogen-bond acceptors (Lipinski definition) is 1. The third kappa shape index (κ3) is 1.84. The summed E-state index contributed by atoms with van der Waals surface area (Å²) in [5.41, 5.74) is 1.45. The Bertz CT molecular complexity index is 254. The summed E-state index contributed by atoms with van der Waals surface area (Å²) in [6.45, 7) is 13.4. The van der Waals surface area contributed by atoms with Crippen LogP contribution in [0.4, 0.5) is 0 Å². The lowest BCUT2D eigenvalue weighted by molar-refractivity contribution is 0.00760. The Morgan fingerprint density at radius 1 is 1.07 bits per heavy atom. The van der Waals surface area contributed by atoms with Crippen LogP contribution in [0, 0.1) is 16.7 Å². The molecule has 0 amide bonds. The number of hydrogen-bond donors (Lipinski definition) is 1. The molecule has 1 saturated carbocycles. The van der Waals surface area contributed by atoms with E-state index in [2.05, 4.69) is 39.9 Å². The van der Waals surface area contributed by atoms with E-state index in [9.17, 15) is 0 Å². The summed E-state index contributed by atoms with van der Waals surface area (Å²) in [6.07, 6.45) is 5.62. The van der Waals surface area contributed by atoms with Gasteiger partial charge >= 0.3 is 0 Å². The molecule has 1 N–H and O–H groups in total. The van der Waals surface area contributed by atoms with Crippen LogP contribution in [0.3, 0.4) is 0 Å². The van der Waals surface area contributed by atoms with Crippen LogP contribution in [-0.2, 0) is 0 Å². The molecule has 1 spiro atoms. The average Bonchev–Trinajstić information content (AvgIpc) is 2.21. The van der Waals surface area contributed by atoms with Crippen LogP contribution >= 0.6 is 0 Å². The summed E-state index contributed by atoms with van der Waals surface area (Å²) in [7, 11) is 0. The molecule has 1 heterocycles. The Balaban J connectivity index is 2.28. The molecule has 1 nitrogen and oxygen atoms in total. The zero-order valence-corrected chi connectivity index (χ0v) is 11.1. The monoisotopic (exact) mass is 209 g/mol. The van der Waals surface area contributed by atoms with Gasteiger partial charge < -0.3 is 5.32 Å². The minimum absolute atomic E-state index is 0.346. The molecule has 2 rings (SSSR count). The summed E-state index contributed by atoms with van der Waals surface area (Å²) in [4.78, 5) is 0. The smallest absolute Gasteiger partial charge is 0.0182 e. The SMILES string of the molecule is CC1CC(C)(C)CC2(CCNC2(C)C)C1. The van der Waals surface area contributed by atoms with Gasteiger partial charge in [0.1, 0.15) is 0 Å². The van der Waals surface area contributed by atoms with Gasteiger partial charge in [-0.1, -0.05) is 20.8 Å². The van der Waals surface area contributed by atoms with Crippen molar-refractivity contribution in [3.05, 3.63) is 0 Å². The van der Waals surface area contributed by atoms with Crippen molar-refractivity contribution < 1.29 is 0 Å². The van der Waals surface area contributed by atoms with E-state index in [1.54, 1.807) is 0 Å². The largest absolute Gasteiger partial charge is 0.311 e. The first-order valence-electron chi connectivity index (χ1n) is 6.52. The van der Waals surface area contributed by atoms with Crippen molar-refractivity contribution in [2.24, 2.45) is 16.7 Å². The molecule has 0 aromatic rings. The maximum atomic E-state index is 3.71. The van der Waals surface area contributed by atoms with E-state index >= 15 is 0 Å². The van der Waals surface area contributed by atoms with Gasteiger partial charge in [-0.3, -0.25) is 0 Å². The molecule has 2 fully saturated rings. The molecule has 1 aliphatic carbocycles. The van der Waals surface area contributed by atoms with Crippen LogP contribution < -0.4 is 5.32 Å². The van der Waals surface area contributed by atoms with Gasteiger partial charge in [-0.25, -0.2) is 0 Å². The van der Waals surface area contributed by atoms with Gasteiger partial charge in [-0.05, 0) is 62.8 Å². The fraction of sp³-hybridized carbons (Fsp3) is 1.00. The van der Waals surface area contributed by atoms with Gasteiger partial charge in [0, 0.05) is 5.54 Å². The van der Waals surface area contributed by atoms with Crippen molar-refractivity contribution in [2.75, 3.05) is 6.54 Å².